The smallest absolute Gasteiger partial charge is 0.417 e. The van der Waals surface area contributed by atoms with Crippen molar-refractivity contribution in [2.45, 2.75) is 6.18 Å². The van der Waals surface area contributed by atoms with Crippen molar-refractivity contribution in [1.29, 1.82) is 0 Å². The second-order valence-electron chi connectivity index (χ2n) is 4.48. The third-order valence-corrected chi connectivity index (χ3v) is 2.78. The maximum Gasteiger partial charge on any atom is 0.417 e. The summed E-state index contributed by atoms with van der Waals surface area (Å²) in [6.45, 7) is -0.466. The van der Waals surface area contributed by atoms with Crippen molar-refractivity contribution in [3.63, 3.8) is 0 Å². The van der Waals surface area contributed by atoms with E-state index in [0.717, 1.165) is 6.07 Å². The summed E-state index contributed by atoms with van der Waals surface area (Å²) in [4.78, 5) is 13.9. The van der Waals surface area contributed by atoms with Gasteiger partial charge in [0.25, 0.3) is 0 Å². The molecule has 0 atom stereocenters. The van der Waals surface area contributed by atoms with Crippen molar-refractivity contribution in [2.75, 3.05) is 6.54 Å². The first kappa shape index (κ1) is 16.3. The number of nitrogens with two attached hydrogens (primary N) is 1. The van der Waals surface area contributed by atoms with Crippen LogP contribution in [0.1, 0.15) is 11.1 Å². The predicted octanol–water partition coefficient (Wildman–Crippen LogP) is 0.519. The second kappa shape index (κ2) is 6.37. The molecular weight excluding hydrogens is 313 g/mol. The average molecular weight is 325 g/mol. The topological polar surface area (TPSA) is 102 Å². The van der Waals surface area contributed by atoms with Crippen LogP contribution in [0.5, 0.6) is 0 Å². The molecule has 0 spiro atoms. The summed E-state index contributed by atoms with van der Waals surface area (Å²) in [5.74, 6) is -0.759. The van der Waals surface area contributed by atoms with Crippen LogP contribution in [0.2, 0.25) is 0 Å². The van der Waals surface area contributed by atoms with Crippen LogP contribution in [0.3, 0.4) is 0 Å². The number of benzene rings is 1. The zero-order valence-corrected chi connectivity index (χ0v) is 11.6. The van der Waals surface area contributed by atoms with Gasteiger partial charge in [0.2, 0.25) is 0 Å². The number of carboxylic acids is 1. The summed E-state index contributed by atoms with van der Waals surface area (Å²) < 4.78 is 42.6. The summed E-state index contributed by atoms with van der Waals surface area (Å²) in [6, 6.07) is 5.08. The Labute approximate surface area is 128 Å². The van der Waals surface area contributed by atoms with Crippen LogP contribution in [0.25, 0.3) is 0 Å². The predicted molar refractivity (Wildman–Crippen MR) is 79.1 cm³/mol. The molecule has 0 fully saturated rings. The van der Waals surface area contributed by atoms with Crippen LogP contribution < -0.4 is 15.7 Å². The number of nitrogens with one attached hydrogen (secondary N) is 1. The number of aliphatic carboxylic acids is 1. The van der Waals surface area contributed by atoms with Gasteiger partial charge in [-0.15, -0.1) is 0 Å². The first-order valence-corrected chi connectivity index (χ1v) is 6.36. The number of amidine groups is 3. The second-order valence-corrected chi connectivity index (χ2v) is 4.48. The van der Waals surface area contributed by atoms with E-state index in [0.29, 0.717) is 5.84 Å². The Morgan fingerprint density at radius 1 is 1.39 bits per heavy atom. The van der Waals surface area contributed by atoms with E-state index in [-0.39, 0.29) is 17.2 Å². The number of nitrogens with zero attached hydrogens (tertiary/aromatic N) is 2. The maximum atomic E-state index is 12.9. The number of carboxylic acid groups (broad SMARTS) is 1. The standard InChI is InChI=1S/C14H11F3N4O2/c15-14(16,17)9-4-2-1-3-8(9)13-20-11(21-13)6-5-10(18)19-7-12(22)23/h1-6H,7H2,(H3,18,19,22,23)/p+1/b6-5-. The number of rotatable bonds is 5. The van der Waals surface area contributed by atoms with Gasteiger partial charge in [-0.05, 0) is 18.2 Å². The number of carbonyl (C=O) groups is 1. The fourth-order valence-electron chi connectivity index (χ4n) is 1.76. The summed E-state index contributed by atoms with van der Waals surface area (Å²) in [5, 5.41) is 11.1. The highest BCUT2D eigenvalue weighted by Gasteiger charge is 2.37. The molecule has 23 heavy (non-hydrogen) atoms. The summed E-state index contributed by atoms with van der Waals surface area (Å²) in [5.41, 5.74) is 4.61. The minimum atomic E-state index is -4.47. The zero-order chi connectivity index (χ0) is 17.0. The molecule has 0 radical (unpaired) electrons. The molecule has 0 amide bonds. The number of alkyl halides is 3. The highest BCUT2D eigenvalue weighted by molar-refractivity contribution is 6.21. The molecule has 1 aromatic rings. The normalized spacial score (nSPS) is 14.8. The Morgan fingerprint density at radius 3 is 2.65 bits per heavy atom. The van der Waals surface area contributed by atoms with Crippen LogP contribution in [-0.4, -0.2) is 35.1 Å². The molecule has 0 aliphatic carbocycles. The van der Waals surface area contributed by atoms with E-state index in [4.69, 9.17) is 10.8 Å². The Bertz CT molecular complexity index is 760. The van der Waals surface area contributed by atoms with E-state index in [1.54, 1.807) is 0 Å². The van der Waals surface area contributed by atoms with Gasteiger partial charge >= 0.3 is 23.8 Å². The van der Waals surface area contributed by atoms with Crippen molar-refractivity contribution in [3.8, 4) is 0 Å². The monoisotopic (exact) mass is 325 g/mol. The molecule has 120 valence electrons. The van der Waals surface area contributed by atoms with Gasteiger partial charge in [-0.25, -0.2) is 9.98 Å². The van der Waals surface area contributed by atoms with Gasteiger partial charge in [-0.2, -0.15) is 13.2 Å². The summed E-state index contributed by atoms with van der Waals surface area (Å²) in [6.07, 6.45) is -1.78. The van der Waals surface area contributed by atoms with E-state index < -0.39 is 24.3 Å². The van der Waals surface area contributed by atoms with Gasteiger partial charge in [0, 0.05) is 6.08 Å². The van der Waals surface area contributed by atoms with Crippen molar-refractivity contribution in [1.82, 2.24) is 9.98 Å². The number of hydrogen-bond donors (Lipinski definition) is 3. The molecule has 0 saturated carbocycles. The lowest BCUT2D eigenvalue weighted by Crippen LogP contribution is -2.44. The highest BCUT2D eigenvalue weighted by Crippen LogP contribution is 2.31. The minimum Gasteiger partial charge on any atom is -0.480 e. The maximum absolute atomic E-state index is 12.9. The lowest BCUT2D eigenvalue weighted by molar-refractivity contribution is -0.138. The Balaban J connectivity index is 2.19. The molecule has 0 aromatic heterocycles. The fraction of sp³-hybridized carbons (Fsp3) is 0.143. The Morgan fingerprint density at radius 2 is 2.04 bits per heavy atom. The van der Waals surface area contributed by atoms with Crippen molar-refractivity contribution >= 4 is 23.5 Å². The van der Waals surface area contributed by atoms with E-state index in [9.17, 15) is 18.0 Å². The lowest BCUT2D eigenvalue weighted by atomic mass is 10.1. The van der Waals surface area contributed by atoms with Crippen LogP contribution in [0.4, 0.5) is 13.2 Å². The molecule has 4 N–H and O–H groups in total. The molecule has 9 heteroatoms. The Kier molecular flexibility index (Phi) is 4.52. The van der Waals surface area contributed by atoms with E-state index in [2.05, 4.69) is 15.0 Å². The molecule has 0 bridgehead atoms. The molecule has 1 aliphatic heterocycles. The molecule has 1 aliphatic rings. The highest BCUT2D eigenvalue weighted by atomic mass is 19.4. The summed E-state index contributed by atoms with van der Waals surface area (Å²) in [7, 11) is 0. The number of aliphatic imine (C=N–C) groups is 1. The van der Waals surface area contributed by atoms with Gasteiger partial charge in [0.1, 0.15) is 12.4 Å². The van der Waals surface area contributed by atoms with E-state index >= 15 is 0 Å². The fourth-order valence-corrected chi connectivity index (χ4v) is 1.76. The number of hydrogen-bond acceptors (Lipinski definition) is 3. The van der Waals surface area contributed by atoms with Crippen LogP contribution in [-0.2, 0) is 11.0 Å². The molecular formula is C14H12F3N4O2+. The van der Waals surface area contributed by atoms with Gasteiger partial charge in [-0.3, -0.25) is 9.79 Å². The molecule has 1 aromatic carbocycles. The van der Waals surface area contributed by atoms with Gasteiger partial charge in [-0.1, -0.05) is 12.1 Å². The molecule has 2 rings (SSSR count). The average Bonchev–Trinajstić information content (AvgIpc) is 2.42. The minimum absolute atomic E-state index is 0.0268. The molecule has 0 saturated heterocycles. The van der Waals surface area contributed by atoms with Crippen LogP contribution >= 0.6 is 0 Å². The third kappa shape index (κ3) is 4.21. The quantitative estimate of drug-likeness (QED) is 0.417. The SMILES string of the molecule is NC(/C=C\C1=[N+]=C(c2ccccc2C(F)(F)F)N1)=NCC(=O)O. The van der Waals surface area contributed by atoms with Crippen LogP contribution in [0, 0.1) is 0 Å². The van der Waals surface area contributed by atoms with Crippen LogP contribution in [0.15, 0.2) is 41.4 Å². The van der Waals surface area contributed by atoms with Crippen molar-refractivity contribution in [2.24, 2.45) is 10.7 Å². The molecule has 1 heterocycles. The largest absolute Gasteiger partial charge is 0.480 e. The van der Waals surface area contributed by atoms with E-state index in [1.807, 2.05) is 0 Å². The molecule has 0 unspecified atom stereocenters. The van der Waals surface area contributed by atoms with Gasteiger partial charge < -0.3 is 10.8 Å². The van der Waals surface area contributed by atoms with Crippen molar-refractivity contribution < 1.29 is 23.1 Å². The summed E-state index contributed by atoms with van der Waals surface area (Å²) >= 11 is 0. The molecule has 6 nitrogen and oxygen atoms in total. The Hall–Kier alpha value is -3.06. The first-order valence-electron chi connectivity index (χ1n) is 6.36. The zero-order valence-electron chi connectivity index (χ0n) is 11.6. The van der Waals surface area contributed by atoms with Gasteiger partial charge in [0.15, 0.2) is 0 Å². The van der Waals surface area contributed by atoms with E-state index in [1.165, 1.54) is 30.4 Å². The lowest BCUT2D eigenvalue weighted by Gasteiger charge is -2.12. The first-order chi connectivity index (χ1) is 10.8. The van der Waals surface area contributed by atoms with Crippen molar-refractivity contribution in [3.05, 3.63) is 47.5 Å². The number of halogens is 3. The van der Waals surface area contributed by atoms with Gasteiger partial charge in [0.05, 0.1) is 11.1 Å². The third-order valence-electron chi connectivity index (χ3n) is 2.78.